The molecule has 1 atom stereocenters. The summed E-state index contributed by atoms with van der Waals surface area (Å²) in [5.74, 6) is 0.918. The Bertz CT molecular complexity index is 940. The largest absolute Gasteiger partial charge is 0.411 e. The van der Waals surface area contributed by atoms with Gasteiger partial charge in [0.15, 0.2) is 9.84 Å². The van der Waals surface area contributed by atoms with Crippen LogP contribution < -0.4 is 0 Å². The number of nitrogens with zero attached hydrogens (tertiary/aromatic N) is 3. The van der Waals surface area contributed by atoms with E-state index >= 15 is 0 Å². The summed E-state index contributed by atoms with van der Waals surface area (Å²) in [6.07, 6.45) is 0.503. The Balaban J connectivity index is 1.65. The Hall–Kier alpha value is -1.87. The Kier molecular flexibility index (Phi) is 6.44. The third-order valence-corrected chi connectivity index (χ3v) is 7.19. The molecule has 1 aliphatic rings. The van der Waals surface area contributed by atoms with Gasteiger partial charge in [0.1, 0.15) is 0 Å². The fraction of sp³-hybridized carbons (Fsp3) is 0.526. The number of amides is 1. The number of aryl methyl sites for hydroxylation is 1. The highest BCUT2D eigenvalue weighted by Crippen LogP contribution is 2.26. The van der Waals surface area contributed by atoms with Gasteiger partial charge >= 0.3 is 0 Å². The highest BCUT2D eigenvalue weighted by Gasteiger charge is 2.34. The van der Waals surface area contributed by atoms with Crippen molar-refractivity contribution in [1.29, 1.82) is 0 Å². The van der Waals surface area contributed by atoms with Gasteiger partial charge in [0.05, 0.1) is 17.3 Å². The van der Waals surface area contributed by atoms with E-state index in [-0.39, 0.29) is 35.1 Å². The van der Waals surface area contributed by atoms with Gasteiger partial charge in [-0.3, -0.25) is 4.79 Å². The highest BCUT2D eigenvalue weighted by atomic mass is 32.2. The molecular formula is C19H25N3O4S2. The Labute approximate surface area is 169 Å². The fourth-order valence-corrected chi connectivity index (χ4v) is 5.65. The topological polar surface area (TPSA) is 93.4 Å². The van der Waals surface area contributed by atoms with Gasteiger partial charge in [-0.25, -0.2) is 8.42 Å². The Morgan fingerprint density at radius 2 is 2.07 bits per heavy atom. The van der Waals surface area contributed by atoms with Gasteiger partial charge < -0.3 is 9.32 Å². The second-order valence-corrected chi connectivity index (χ2v) is 10.6. The first-order valence-corrected chi connectivity index (χ1v) is 12.1. The molecule has 152 valence electrons. The van der Waals surface area contributed by atoms with Crippen LogP contribution in [0.2, 0.25) is 0 Å². The molecule has 1 amide bonds. The predicted molar refractivity (Wildman–Crippen MR) is 109 cm³/mol. The van der Waals surface area contributed by atoms with Gasteiger partial charge in [0.2, 0.25) is 11.8 Å². The van der Waals surface area contributed by atoms with Crippen LogP contribution in [0.5, 0.6) is 0 Å². The average Bonchev–Trinajstić information content (AvgIpc) is 3.24. The third-order valence-electron chi connectivity index (χ3n) is 4.63. The average molecular weight is 424 g/mol. The van der Waals surface area contributed by atoms with Crippen molar-refractivity contribution in [2.75, 3.05) is 23.8 Å². The van der Waals surface area contributed by atoms with E-state index in [1.165, 1.54) is 11.8 Å². The van der Waals surface area contributed by atoms with E-state index in [1.54, 1.807) is 4.90 Å². The van der Waals surface area contributed by atoms with Gasteiger partial charge in [0, 0.05) is 18.2 Å². The maximum Gasteiger partial charge on any atom is 0.277 e. The van der Waals surface area contributed by atoms with Crippen molar-refractivity contribution in [2.24, 2.45) is 5.92 Å². The van der Waals surface area contributed by atoms with E-state index in [4.69, 9.17) is 4.42 Å². The molecule has 9 heteroatoms. The molecule has 2 heterocycles. The second kappa shape index (κ2) is 8.65. The standard InChI is InChI=1S/C19H25N3O4S2/c1-13(2)10-22(15-8-9-28(24,25)12-15)17(23)11-27-19-21-20-18(26-19)16-7-5-4-6-14(16)3/h4-7,13,15H,8-12H2,1-3H3/t15-/m0/s1. The summed E-state index contributed by atoms with van der Waals surface area (Å²) in [7, 11) is -3.05. The fourth-order valence-electron chi connectivity index (χ4n) is 3.27. The summed E-state index contributed by atoms with van der Waals surface area (Å²) in [6.45, 7) is 6.54. The second-order valence-electron chi connectivity index (χ2n) is 7.47. The van der Waals surface area contributed by atoms with Gasteiger partial charge in [0.25, 0.3) is 5.22 Å². The van der Waals surface area contributed by atoms with E-state index in [0.717, 1.165) is 11.1 Å². The van der Waals surface area contributed by atoms with E-state index in [2.05, 4.69) is 10.2 Å². The summed E-state index contributed by atoms with van der Waals surface area (Å²) in [4.78, 5) is 14.5. The number of aromatic nitrogens is 2. The van der Waals surface area contributed by atoms with Crippen molar-refractivity contribution in [3.8, 4) is 11.5 Å². The molecule has 0 aliphatic carbocycles. The van der Waals surface area contributed by atoms with Crippen LogP contribution in [-0.4, -0.2) is 59.3 Å². The van der Waals surface area contributed by atoms with Crippen LogP contribution in [0.4, 0.5) is 0 Å². The number of carbonyl (C=O) groups excluding carboxylic acids is 1. The molecule has 1 fully saturated rings. The first-order valence-electron chi connectivity index (χ1n) is 9.27. The number of thioether (sulfide) groups is 1. The van der Waals surface area contributed by atoms with E-state index in [0.29, 0.717) is 24.1 Å². The molecular weight excluding hydrogens is 398 g/mol. The zero-order valence-electron chi connectivity index (χ0n) is 16.3. The lowest BCUT2D eigenvalue weighted by molar-refractivity contribution is -0.130. The summed E-state index contributed by atoms with van der Waals surface area (Å²) >= 11 is 1.18. The molecule has 1 saturated heterocycles. The number of sulfone groups is 1. The van der Waals surface area contributed by atoms with Crippen LogP contribution in [0, 0.1) is 12.8 Å². The number of rotatable bonds is 7. The van der Waals surface area contributed by atoms with Gasteiger partial charge in [-0.05, 0) is 30.9 Å². The van der Waals surface area contributed by atoms with Crippen molar-refractivity contribution in [3.05, 3.63) is 29.8 Å². The van der Waals surface area contributed by atoms with E-state index in [9.17, 15) is 13.2 Å². The maximum atomic E-state index is 12.8. The minimum absolute atomic E-state index is 0.0497. The summed E-state index contributed by atoms with van der Waals surface area (Å²) in [6, 6.07) is 7.48. The molecule has 3 rings (SSSR count). The van der Waals surface area contributed by atoms with Crippen LogP contribution in [0.15, 0.2) is 33.9 Å². The van der Waals surface area contributed by atoms with Crippen molar-refractivity contribution < 1.29 is 17.6 Å². The van der Waals surface area contributed by atoms with E-state index < -0.39 is 9.84 Å². The van der Waals surface area contributed by atoms with Crippen molar-refractivity contribution in [3.63, 3.8) is 0 Å². The monoisotopic (exact) mass is 423 g/mol. The molecule has 0 saturated carbocycles. The van der Waals surface area contributed by atoms with Gasteiger partial charge in [-0.1, -0.05) is 43.8 Å². The number of hydrogen-bond acceptors (Lipinski definition) is 7. The summed E-state index contributed by atoms with van der Waals surface area (Å²) in [5, 5.41) is 8.43. The van der Waals surface area contributed by atoms with Crippen LogP contribution >= 0.6 is 11.8 Å². The predicted octanol–water partition coefficient (Wildman–Crippen LogP) is 2.81. The number of benzene rings is 1. The molecule has 7 nitrogen and oxygen atoms in total. The molecule has 0 unspecified atom stereocenters. The van der Waals surface area contributed by atoms with Crippen molar-refractivity contribution in [2.45, 2.75) is 38.5 Å². The third kappa shape index (κ3) is 5.14. The highest BCUT2D eigenvalue weighted by molar-refractivity contribution is 7.99. The molecule has 28 heavy (non-hydrogen) atoms. The van der Waals surface area contributed by atoms with Crippen LogP contribution in [0.1, 0.15) is 25.8 Å². The zero-order valence-corrected chi connectivity index (χ0v) is 17.9. The number of carbonyl (C=O) groups is 1. The SMILES string of the molecule is Cc1ccccc1-c1nnc(SCC(=O)N(CC(C)C)[C@H]2CCS(=O)(=O)C2)o1. The molecule has 0 spiro atoms. The first kappa shape index (κ1) is 20.9. The van der Waals surface area contributed by atoms with Gasteiger partial charge in [-0.15, -0.1) is 10.2 Å². The molecule has 0 radical (unpaired) electrons. The minimum Gasteiger partial charge on any atom is -0.411 e. The maximum absolute atomic E-state index is 12.8. The lowest BCUT2D eigenvalue weighted by atomic mass is 10.1. The molecule has 1 aliphatic heterocycles. The zero-order chi connectivity index (χ0) is 20.3. The summed E-state index contributed by atoms with van der Waals surface area (Å²) in [5.41, 5.74) is 1.90. The summed E-state index contributed by atoms with van der Waals surface area (Å²) < 4.78 is 29.3. The lowest BCUT2D eigenvalue weighted by Crippen LogP contribution is -2.44. The molecule has 0 bridgehead atoms. The molecule has 2 aromatic rings. The molecule has 1 aromatic heterocycles. The van der Waals surface area contributed by atoms with Crippen LogP contribution in [0.25, 0.3) is 11.5 Å². The molecule has 0 N–H and O–H groups in total. The van der Waals surface area contributed by atoms with Crippen LogP contribution in [0.3, 0.4) is 0 Å². The first-order chi connectivity index (χ1) is 13.2. The quantitative estimate of drug-likeness (QED) is 0.632. The number of hydrogen-bond donors (Lipinski definition) is 0. The molecule has 1 aromatic carbocycles. The Morgan fingerprint density at radius 3 is 2.71 bits per heavy atom. The minimum atomic E-state index is -3.05. The van der Waals surface area contributed by atoms with Crippen LogP contribution in [-0.2, 0) is 14.6 Å². The smallest absolute Gasteiger partial charge is 0.277 e. The van der Waals surface area contributed by atoms with Crippen molar-refractivity contribution in [1.82, 2.24) is 15.1 Å². The Morgan fingerprint density at radius 1 is 1.32 bits per heavy atom. The normalized spacial score (nSPS) is 18.5. The van der Waals surface area contributed by atoms with Crippen molar-refractivity contribution >= 4 is 27.5 Å². The van der Waals surface area contributed by atoms with E-state index in [1.807, 2.05) is 45.0 Å². The lowest BCUT2D eigenvalue weighted by Gasteiger charge is -2.29. The van der Waals surface area contributed by atoms with Gasteiger partial charge in [-0.2, -0.15) is 0 Å².